The van der Waals surface area contributed by atoms with E-state index in [0.717, 1.165) is 10.5 Å². The minimum absolute atomic E-state index is 0.0796. The van der Waals surface area contributed by atoms with E-state index < -0.39 is 28.5 Å². The Bertz CT molecular complexity index is 601. The van der Waals surface area contributed by atoms with Crippen LogP contribution in [0.4, 0.5) is 9.18 Å². The van der Waals surface area contributed by atoms with Crippen molar-refractivity contribution in [1.82, 2.24) is 4.90 Å². The highest BCUT2D eigenvalue weighted by atomic mass is 32.2. The number of halogens is 1. The lowest BCUT2D eigenvalue weighted by molar-refractivity contribution is 0.139. The highest BCUT2D eigenvalue weighted by Crippen LogP contribution is 2.22. The van der Waals surface area contributed by atoms with Crippen molar-refractivity contribution >= 4 is 16.2 Å². The van der Waals surface area contributed by atoms with Gasteiger partial charge < -0.3 is 10.0 Å². The molecule has 2 rings (SSSR count). The van der Waals surface area contributed by atoms with Crippen LogP contribution in [0.1, 0.15) is 5.56 Å². The second-order valence-corrected chi connectivity index (χ2v) is 6.18. The molecule has 20 heavy (non-hydrogen) atoms. The largest absolute Gasteiger partial charge is 0.465 e. The minimum atomic E-state index is -4.10. The molecule has 1 N–H and O–H groups in total. The van der Waals surface area contributed by atoms with Gasteiger partial charge in [0.1, 0.15) is 12.3 Å². The van der Waals surface area contributed by atoms with Gasteiger partial charge in [-0.1, -0.05) is 17.7 Å². The van der Waals surface area contributed by atoms with Gasteiger partial charge in [0, 0.05) is 0 Å². The van der Waals surface area contributed by atoms with E-state index in [9.17, 15) is 17.6 Å². The third kappa shape index (κ3) is 3.07. The number of benzene rings is 1. The molecule has 1 saturated heterocycles. The Morgan fingerprint density at radius 2 is 1.95 bits per heavy atom. The van der Waals surface area contributed by atoms with E-state index in [2.05, 4.69) is 0 Å². The monoisotopic (exact) mass is 303 g/mol. The molecule has 1 amide bonds. The SMILES string of the molecule is Cc1ccc(S(=O)(=O)O[C@H]2CN(C(=O)O)C[C@@H]2F)cc1. The van der Waals surface area contributed by atoms with Crippen molar-refractivity contribution < 1.29 is 26.9 Å². The fourth-order valence-corrected chi connectivity index (χ4v) is 2.99. The normalized spacial score (nSPS) is 23.0. The van der Waals surface area contributed by atoms with Gasteiger partial charge in [-0.2, -0.15) is 8.42 Å². The quantitative estimate of drug-likeness (QED) is 0.853. The van der Waals surface area contributed by atoms with Gasteiger partial charge in [-0.05, 0) is 19.1 Å². The molecule has 1 aromatic carbocycles. The summed E-state index contributed by atoms with van der Waals surface area (Å²) < 4.78 is 42.4. The number of rotatable bonds is 3. The van der Waals surface area contributed by atoms with Crippen LogP contribution in [0.25, 0.3) is 0 Å². The zero-order chi connectivity index (χ0) is 14.9. The Balaban J connectivity index is 2.13. The van der Waals surface area contributed by atoms with E-state index in [4.69, 9.17) is 9.29 Å². The maximum Gasteiger partial charge on any atom is 0.407 e. The third-order valence-corrected chi connectivity index (χ3v) is 4.38. The first kappa shape index (κ1) is 14.7. The molecule has 110 valence electrons. The standard InChI is InChI=1S/C12H14FNO5S/c1-8-2-4-9(5-3-8)20(17,18)19-11-7-14(12(15)16)6-10(11)13/h2-5,10-11H,6-7H2,1H3,(H,15,16)/t10-,11-/m0/s1. The first-order valence-corrected chi connectivity index (χ1v) is 7.32. The highest BCUT2D eigenvalue weighted by molar-refractivity contribution is 7.86. The number of likely N-dealkylation sites (tertiary alicyclic amines) is 1. The molecule has 0 aliphatic carbocycles. The molecule has 1 heterocycles. The Morgan fingerprint density at radius 1 is 1.35 bits per heavy atom. The van der Waals surface area contributed by atoms with Gasteiger partial charge in [0.25, 0.3) is 10.1 Å². The molecule has 8 heteroatoms. The predicted octanol–water partition coefficient (Wildman–Crippen LogP) is 1.40. The Morgan fingerprint density at radius 3 is 2.45 bits per heavy atom. The molecule has 1 aliphatic rings. The van der Waals surface area contributed by atoms with E-state index in [1.54, 1.807) is 19.1 Å². The van der Waals surface area contributed by atoms with Gasteiger partial charge in [-0.25, -0.2) is 9.18 Å². The number of carbonyl (C=O) groups is 1. The summed E-state index contributed by atoms with van der Waals surface area (Å²) in [6, 6.07) is 5.92. The van der Waals surface area contributed by atoms with E-state index in [1.807, 2.05) is 0 Å². The molecule has 0 saturated carbocycles. The van der Waals surface area contributed by atoms with Crippen LogP contribution in [0.2, 0.25) is 0 Å². The lowest BCUT2D eigenvalue weighted by Gasteiger charge is -2.13. The van der Waals surface area contributed by atoms with Gasteiger partial charge >= 0.3 is 6.09 Å². The molecule has 0 unspecified atom stereocenters. The first-order chi connectivity index (χ1) is 9.29. The number of hydrogen-bond donors (Lipinski definition) is 1. The average Bonchev–Trinajstić information content (AvgIpc) is 2.71. The highest BCUT2D eigenvalue weighted by Gasteiger charge is 2.39. The summed E-state index contributed by atoms with van der Waals surface area (Å²) in [5.74, 6) is 0. The summed E-state index contributed by atoms with van der Waals surface area (Å²) in [6.45, 7) is 1.11. The predicted molar refractivity (Wildman–Crippen MR) is 67.7 cm³/mol. The lowest BCUT2D eigenvalue weighted by Crippen LogP contribution is -2.29. The fraction of sp³-hybridized carbons (Fsp3) is 0.417. The number of hydrogen-bond acceptors (Lipinski definition) is 4. The van der Waals surface area contributed by atoms with Crippen LogP contribution in [0.5, 0.6) is 0 Å². The van der Waals surface area contributed by atoms with Crippen LogP contribution in [0.3, 0.4) is 0 Å². The second-order valence-electron chi connectivity index (χ2n) is 4.61. The van der Waals surface area contributed by atoms with E-state index in [1.165, 1.54) is 12.1 Å². The summed E-state index contributed by atoms with van der Waals surface area (Å²) >= 11 is 0. The number of amides is 1. The molecular formula is C12H14FNO5S. The van der Waals surface area contributed by atoms with E-state index >= 15 is 0 Å². The molecule has 1 aromatic rings. The minimum Gasteiger partial charge on any atom is -0.465 e. The number of carboxylic acid groups (broad SMARTS) is 1. The van der Waals surface area contributed by atoms with Crippen molar-refractivity contribution in [3.63, 3.8) is 0 Å². The zero-order valence-corrected chi connectivity index (χ0v) is 11.5. The van der Waals surface area contributed by atoms with Crippen LogP contribution < -0.4 is 0 Å². The average molecular weight is 303 g/mol. The smallest absolute Gasteiger partial charge is 0.407 e. The van der Waals surface area contributed by atoms with E-state index in [0.29, 0.717) is 0 Å². The van der Waals surface area contributed by atoms with Crippen molar-refractivity contribution in [2.24, 2.45) is 0 Å². The summed E-state index contributed by atoms with van der Waals surface area (Å²) in [6.07, 6.45) is -4.27. The second kappa shape index (κ2) is 5.37. The lowest BCUT2D eigenvalue weighted by atomic mass is 10.2. The summed E-state index contributed by atoms with van der Waals surface area (Å²) in [7, 11) is -4.10. The maximum atomic E-state index is 13.6. The van der Waals surface area contributed by atoms with Gasteiger partial charge in [0.15, 0.2) is 0 Å². The van der Waals surface area contributed by atoms with Gasteiger partial charge in [-0.3, -0.25) is 4.18 Å². The maximum absolute atomic E-state index is 13.6. The summed E-state index contributed by atoms with van der Waals surface area (Å²) in [4.78, 5) is 11.4. The number of nitrogens with zero attached hydrogens (tertiary/aromatic N) is 1. The topological polar surface area (TPSA) is 83.9 Å². The molecule has 1 fully saturated rings. The van der Waals surface area contributed by atoms with Gasteiger partial charge in [-0.15, -0.1) is 0 Å². The van der Waals surface area contributed by atoms with Crippen LogP contribution in [0.15, 0.2) is 29.2 Å². The first-order valence-electron chi connectivity index (χ1n) is 5.91. The van der Waals surface area contributed by atoms with Crippen molar-refractivity contribution in [3.05, 3.63) is 29.8 Å². The van der Waals surface area contributed by atoms with Gasteiger partial charge in [0.2, 0.25) is 0 Å². The molecule has 1 aliphatic heterocycles. The van der Waals surface area contributed by atoms with Crippen LogP contribution in [-0.2, 0) is 14.3 Å². The van der Waals surface area contributed by atoms with E-state index in [-0.39, 0.29) is 18.0 Å². The van der Waals surface area contributed by atoms with Gasteiger partial charge in [0.05, 0.1) is 18.0 Å². The zero-order valence-electron chi connectivity index (χ0n) is 10.7. The summed E-state index contributed by atoms with van der Waals surface area (Å²) in [5, 5.41) is 8.75. The van der Waals surface area contributed by atoms with Crippen molar-refractivity contribution in [1.29, 1.82) is 0 Å². The third-order valence-electron chi connectivity index (χ3n) is 3.03. The van der Waals surface area contributed by atoms with Crippen molar-refractivity contribution in [3.8, 4) is 0 Å². The molecule has 0 radical (unpaired) electrons. The van der Waals surface area contributed by atoms with Crippen LogP contribution in [-0.4, -0.2) is 49.9 Å². The van der Waals surface area contributed by atoms with Crippen molar-refractivity contribution in [2.45, 2.75) is 24.1 Å². The number of aryl methyl sites for hydroxylation is 1. The molecule has 6 nitrogen and oxygen atoms in total. The fourth-order valence-electron chi connectivity index (χ4n) is 1.90. The molecular weight excluding hydrogens is 289 g/mol. The number of alkyl halides is 1. The molecule has 2 atom stereocenters. The van der Waals surface area contributed by atoms with Crippen LogP contribution >= 0.6 is 0 Å². The Labute approximate surface area is 115 Å². The van der Waals surface area contributed by atoms with Crippen molar-refractivity contribution in [2.75, 3.05) is 13.1 Å². The Kier molecular flexibility index (Phi) is 3.96. The summed E-state index contributed by atoms with van der Waals surface area (Å²) in [5.41, 5.74) is 0.880. The molecule has 0 bridgehead atoms. The van der Waals surface area contributed by atoms with Crippen LogP contribution in [0, 0.1) is 6.92 Å². The Hall–Kier alpha value is -1.67. The molecule has 0 spiro atoms. The molecule has 0 aromatic heterocycles.